The third-order valence-electron chi connectivity index (χ3n) is 0. The largest absolute Gasteiger partial charge is 4.00 e. The maximum absolute atomic E-state index is 0. The third-order valence-corrected chi connectivity index (χ3v) is 0. The maximum atomic E-state index is 0. The van der Waals surface area contributed by atoms with Gasteiger partial charge in [-0.2, -0.15) is 0 Å². The van der Waals surface area contributed by atoms with E-state index >= 15 is 0 Å². The molecule has 0 rings (SSSR count). The minimum absolute atomic E-state index is 0. The summed E-state index contributed by atoms with van der Waals surface area (Å²) in [7, 11) is 0. The molecule has 0 N–H and O–H groups in total. The fraction of sp³-hybridized carbons (Fsp3) is 0. The summed E-state index contributed by atoms with van der Waals surface area (Å²) < 4.78 is 0. The summed E-state index contributed by atoms with van der Waals surface area (Å²) in [6.07, 6.45) is 0. The Morgan fingerprint density at radius 3 is 0.667 bits per heavy atom. The average Bonchev–Trinajstić information content (AvgIpc) is 0. The number of hydrogen-bond acceptors (Lipinski definition) is 0. The average molecular weight is 163 g/mol. The van der Waals surface area contributed by atoms with Gasteiger partial charge in [-0.15, -0.1) is 0 Å². The van der Waals surface area contributed by atoms with Crippen molar-refractivity contribution < 1.29 is 38.1 Å². The summed E-state index contributed by atoms with van der Waals surface area (Å²) in [6, 6.07) is 0. The fourth-order valence-corrected chi connectivity index (χ4v) is 0. The Kier molecular flexibility index (Phi) is 708. The quantitative estimate of drug-likeness (QED) is 0.405. The van der Waals surface area contributed by atoms with Crippen molar-refractivity contribution >= 4 is 55.1 Å². The van der Waals surface area contributed by atoms with E-state index in [-0.39, 0.29) is 93.2 Å². The molecule has 0 aliphatic heterocycles. The Morgan fingerprint density at radius 1 is 0.667 bits per heavy atom. The van der Waals surface area contributed by atoms with Crippen molar-refractivity contribution in [3.8, 4) is 0 Å². The molecule has 0 bridgehead atoms. The topological polar surface area (TPSA) is 85.5 Å². The van der Waals surface area contributed by atoms with Crippen molar-refractivity contribution in [2.24, 2.45) is 0 Å². The molecule has 0 radical (unpaired) electrons. The monoisotopic (exact) mass is 163 g/mol. The van der Waals surface area contributed by atoms with Gasteiger partial charge in [-0.1, -0.05) is 0 Å². The second kappa shape index (κ2) is 52.9. The van der Waals surface area contributed by atoms with Crippen LogP contribution in [0.5, 0.6) is 0 Å². The second-order valence-electron chi connectivity index (χ2n) is 0. The Balaban J connectivity index is 0. The molecule has 0 aromatic rings. The number of rotatable bonds is 0. The molecule has 3 nitrogen and oxygen atoms in total. The zero-order valence-electron chi connectivity index (χ0n) is 3.01. The molecule has 0 amide bonds. The van der Waals surface area contributed by atoms with E-state index in [0.717, 1.165) is 0 Å². The molecule has 0 atom stereocenters. The van der Waals surface area contributed by atoms with E-state index < -0.39 is 0 Å². The second-order valence-corrected chi connectivity index (χ2v) is 0. The van der Waals surface area contributed by atoms with Crippen LogP contribution in [0.25, 0.3) is 0 Å². The van der Waals surface area contributed by atoms with Crippen LogP contribution in [0, 0.1) is 0 Å². The van der Waals surface area contributed by atoms with Crippen molar-refractivity contribution in [1.29, 1.82) is 0 Å². The molecule has 6 heavy (non-hydrogen) atoms. The van der Waals surface area contributed by atoms with E-state index in [1.54, 1.807) is 0 Å². The van der Waals surface area contributed by atoms with E-state index in [1.807, 2.05) is 0 Å². The zero-order valence-corrected chi connectivity index (χ0v) is 7.93. The summed E-state index contributed by atoms with van der Waals surface area (Å²) >= 11 is 0. The molecule has 6 heteroatoms. The van der Waals surface area contributed by atoms with Crippen molar-refractivity contribution in [2.45, 2.75) is 0 Å². The standard InChI is InChI=1S/Al.Ca.3O.Ti/q+3;+2;3*-2;+4. The first-order valence-electron chi connectivity index (χ1n) is 0. The summed E-state index contributed by atoms with van der Waals surface area (Å²) in [4.78, 5) is 0. The fourth-order valence-electron chi connectivity index (χ4n) is 0. The van der Waals surface area contributed by atoms with Crippen molar-refractivity contribution in [3.63, 3.8) is 0 Å². The first-order valence-corrected chi connectivity index (χ1v) is 0. The Hall–Kier alpha value is 2.39. The van der Waals surface area contributed by atoms with Gasteiger partial charge in [0.05, 0.1) is 0 Å². The van der Waals surface area contributed by atoms with E-state index in [2.05, 4.69) is 0 Å². The molecule has 0 fully saturated rings. The predicted molar refractivity (Wildman–Crippen MR) is 13.6 cm³/mol. The minimum atomic E-state index is 0. The van der Waals surface area contributed by atoms with Gasteiger partial charge in [0.1, 0.15) is 0 Å². The molecule has 0 heterocycles. The molecule has 0 spiro atoms. The van der Waals surface area contributed by atoms with Crippen LogP contribution < -0.4 is 0 Å². The van der Waals surface area contributed by atoms with Crippen LogP contribution >= 0.6 is 0 Å². The molecule has 0 aliphatic carbocycles. The van der Waals surface area contributed by atoms with Crippen LogP contribution in [0.1, 0.15) is 0 Å². The molecular formula is AlCaO3Ti+3. The summed E-state index contributed by atoms with van der Waals surface area (Å²) in [5.41, 5.74) is 0. The van der Waals surface area contributed by atoms with Gasteiger partial charge in [-0.25, -0.2) is 0 Å². The first kappa shape index (κ1) is 80.3. The van der Waals surface area contributed by atoms with Crippen LogP contribution in [0.4, 0.5) is 0 Å². The van der Waals surface area contributed by atoms with Crippen LogP contribution in [0.2, 0.25) is 0 Å². The summed E-state index contributed by atoms with van der Waals surface area (Å²) in [5, 5.41) is 0. The van der Waals surface area contributed by atoms with Crippen LogP contribution in [-0.4, -0.2) is 55.1 Å². The molecule has 24 valence electrons. The molecule has 0 saturated heterocycles. The van der Waals surface area contributed by atoms with Gasteiger partial charge >= 0.3 is 76.8 Å². The number of hydrogen-bond donors (Lipinski definition) is 0. The maximum Gasteiger partial charge on any atom is 4.00 e. The van der Waals surface area contributed by atoms with Gasteiger partial charge < -0.3 is 16.4 Å². The smallest absolute Gasteiger partial charge is 2.00 e. The van der Waals surface area contributed by atoms with Gasteiger partial charge in [-0.05, 0) is 0 Å². The first-order chi connectivity index (χ1) is 0. The van der Waals surface area contributed by atoms with E-state index in [9.17, 15) is 0 Å². The Morgan fingerprint density at radius 2 is 0.667 bits per heavy atom. The van der Waals surface area contributed by atoms with Gasteiger partial charge in [0, 0.05) is 0 Å². The Labute approximate surface area is 91.8 Å². The SMILES string of the molecule is [Al+3].[Ca+2].[O-2].[O-2].[O-2].[Ti+4]. The molecular weight excluding hydrogens is 163 g/mol. The Bertz CT molecular complexity index is 10.8. The minimum Gasteiger partial charge on any atom is -2.00 e. The van der Waals surface area contributed by atoms with Crippen molar-refractivity contribution in [1.82, 2.24) is 0 Å². The van der Waals surface area contributed by atoms with E-state index in [0.29, 0.717) is 0 Å². The van der Waals surface area contributed by atoms with Crippen LogP contribution in [0.15, 0.2) is 0 Å². The molecule has 0 saturated carbocycles. The van der Waals surface area contributed by atoms with E-state index in [1.165, 1.54) is 0 Å². The van der Waals surface area contributed by atoms with Crippen LogP contribution in [0.3, 0.4) is 0 Å². The van der Waals surface area contributed by atoms with Gasteiger partial charge in [0.15, 0.2) is 0 Å². The molecule has 0 aromatic heterocycles. The third kappa shape index (κ3) is 32.5. The predicted octanol–water partition coefficient (Wildman–Crippen LogP) is -1.12. The summed E-state index contributed by atoms with van der Waals surface area (Å²) in [6.45, 7) is 0. The molecule has 0 aromatic carbocycles. The van der Waals surface area contributed by atoms with E-state index in [4.69, 9.17) is 0 Å². The zero-order chi connectivity index (χ0) is 0. The van der Waals surface area contributed by atoms with Gasteiger partial charge in [-0.3, -0.25) is 0 Å². The van der Waals surface area contributed by atoms with Crippen molar-refractivity contribution in [3.05, 3.63) is 0 Å². The molecule has 0 aliphatic rings. The molecule has 0 unspecified atom stereocenters. The van der Waals surface area contributed by atoms with Gasteiger partial charge in [0.25, 0.3) is 0 Å². The normalized spacial score (nSPS) is 0. The van der Waals surface area contributed by atoms with Crippen molar-refractivity contribution in [2.75, 3.05) is 0 Å². The van der Waals surface area contributed by atoms with Gasteiger partial charge in [0.2, 0.25) is 0 Å². The van der Waals surface area contributed by atoms with Crippen LogP contribution in [-0.2, 0) is 38.1 Å². The summed E-state index contributed by atoms with van der Waals surface area (Å²) in [5.74, 6) is 0.